The highest BCUT2D eigenvalue weighted by molar-refractivity contribution is 7.87. The van der Waals surface area contributed by atoms with E-state index in [4.69, 9.17) is 15.8 Å². The summed E-state index contributed by atoms with van der Waals surface area (Å²) < 4.78 is 29.8. The van der Waals surface area contributed by atoms with Gasteiger partial charge in [0.25, 0.3) is 0 Å². The minimum absolute atomic E-state index is 0.00272. The number of aromatic nitrogens is 1. The zero-order chi connectivity index (χ0) is 14.9. The van der Waals surface area contributed by atoms with Gasteiger partial charge in [-0.05, 0) is 30.3 Å². The van der Waals surface area contributed by atoms with Crippen LogP contribution in [0.15, 0.2) is 65.7 Å². The van der Waals surface area contributed by atoms with Crippen molar-refractivity contribution in [3.63, 3.8) is 0 Å². The van der Waals surface area contributed by atoms with Crippen LogP contribution in [0.25, 0.3) is 10.9 Å². The van der Waals surface area contributed by atoms with Gasteiger partial charge in [-0.25, -0.2) is 0 Å². The summed E-state index contributed by atoms with van der Waals surface area (Å²) in [5, 5.41) is 1.13. The van der Waals surface area contributed by atoms with Gasteiger partial charge >= 0.3 is 10.1 Å². The van der Waals surface area contributed by atoms with Gasteiger partial charge in [0.15, 0.2) is 5.75 Å². The van der Waals surface area contributed by atoms with Crippen molar-refractivity contribution < 1.29 is 12.6 Å². The van der Waals surface area contributed by atoms with Crippen LogP contribution in [0.3, 0.4) is 0 Å². The van der Waals surface area contributed by atoms with Crippen molar-refractivity contribution in [1.29, 1.82) is 0 Å². The molecule has 0 N–H and O–H groups in total. The van der Waals surface area contributed by atoms with Crippen LogP contribution in [0.2, 0.25) is 5.02 Å². The van der Waals surface area contributed by atoms with Crippen LogP contribution in [-0.2, 0) is 10.1 Å². The zero-order valence-corrected chi connectivity index (χ0v) is 12.3. The van der Waals surface area contributed by atoms with E-state index < -0.39 is 10.1 Å². The molecule has 6 heteroatoms. The van der Waals surface area contributed by atoms with E-state index in [0.29, 0.717) is 10.5 Å². The van der Waals surface area contributed by atoms with Gasteiger partial charge in [-0.2, -0.15) is 8.42 Å². The smallest absolute Gasteiger partial charge is 0.339 e. The topological polar surface area (TPSA) is 56.3 Å². The van der Waals surface area contributed by atoms with Crippen molar-refractivity contribution in [3.05, 3.63) is 65.8 Å². The third-order valence-corrected chi connectivity index (χ3v) is 4.35. The van der Waals surface area contributed by atoms with Crippen LogP contribution in [-0.4, -0.2) is 13.4 Å². The number of hydrogen-bond donors (Lipinski definition) is 0. The molecule has 0 radical (unpaired) electrons. The first kappa shape index (κ1) is 13.9. The fraction of sp³-hybridized carbons (Fsp3) is 0. The maximum atomic E-state index is 12.3. The lowest BCUT2D eigenvalue weighted by Gasteiger charge is -2.09. The minimum Gasteiger partial charge on any atom is -0.377 e. The Kier molecular flexibility index (Phi) is 3.53. The molecule has 0 saturated carbocycles. The van der Waals surface area contributed by atoms with E-state index in [1.54, 1.807) is 36.5 Å². The van der Waals surface area contributed by atoms with Gasteiger partial charge in [0.1, 0.15) is 10.4 Å². The van der Waals surface area contributed by atoms with Gasteiger partial charge in [-0.15, -0.1) is 0 Å². The molecule has 0 amide bonds. The highest BCUT2D eigenvalue weighted by Crippen LogP contribution is 2.27. The van der Waals surface area contributed by atoms with E-state index in [2.05, 4.69) is 4.98 Å². The molecule has 2 aromatic carbocycles. The van der Waals surface area contributed by atoms with Gasteiger partial charge in [0, 0.05) is 16.6 Å². The van der Waals surface area contributed by atoms with Crippen molar-refractivity contribution in [1.82, 2.24) is 4.98 Å². The number of halogens is 1. The summed E-state index contributed by atoms with van der Waals surface area (Å²) in [4.78, 5) is 4.16. The second kappa shape index (κ2) is 5.35. The van der Waals surface area contributed by atoms with Gasteiger partial charge < -0.3 is 4.18 Å². The van der Waals surface area contributed by atoms with Crippen LogP contribution in [0.1, 0.15) is 0 Å². The molecule has 3 aromatic rings. The lowest BCUT2D eigenvalue weighted by atomic mass is 10.2. The Balaban J connectivity index is 2.06. The molecule has 0 spiro atoms. The number of benzene rings is 2. The molecule has 0 unspecified atom stereocenters. The monoisotopic (exact) mass is 319 g/mol. The molecule has 3 rings (SSSR count). The molecule has 0 bridgehead atoms. The molecule has 106 valence electrons. The van der Waals surface area contributed by atoms with Crippen molar-refractivity contribution >= 4 is 32.6 Å². The van der Waals surface area contributed by atoms with E-state index in [1.165, 1.54) is 12.1 Å². The molecule has 21 heavy (non-hydrogen) atoms. The standard InChI is InChI=1S/C15H10ClNO3S/c16-12-6-2-7-13(10-12)21(18,19)20-14-8-1-4-11-5-3-9-17-15(11)14/h1-10H. The molecule has 0 saturated heterocycles. The number of fused-ring (bicyclic) bond motifs is 1. The first-order valence-corrected chi connectivity index (χ1v) is 7.89. The SMILES string of the molecule is O=S(=O)(Oc1cccc2cccnc12)c1cccc(Cl)c1. The fourth-order valence-corrected chi connectivity index (χ4v) is 3.17. The summed E-state index contributed by atoms with van der Waals surface area (Å²) in [5.41, 5.74) is 0.491. The van der Waals surface area contributed by atoms with E-state index in [-0.39, 0.29) is 10.6 Å². The quantitative estimate of drug-likeness (QED) is 0.691. The van der Waals surface area contributed by atoms with Crippen LogP contribution >= 0.6 is 11.6 Å². The lowest BCUT2D eigenvalue weighted by Crippen LogP contribution is -2.10. The molecular weight excluding hydrogens is 310 g/mol. The average Bonchev–Trinajstić information content (AvgIpc) is 2.47. The molecule has 1 aromatic heterocycles. The zero-order valence-electron chi connectivity index (χ0n) is 10.7. The van der Waals surface area contributed by atoms with E-state index in [9.17, 15) is 8.42 Å². The van der Waals surface area contributed by atoms with Gasteiger partial charge in [0.05, 0.1) is 0 Å². The van der Waals surface area contributed by atoms with Crippen molar-refractivity contribution in [2.75, 3.05) is 0 Å². The van der Waals surface area contributed by atoms with Crippen molar-refractivity contribution in [3.8, 4) is 5.75 Å². The van der Waals surface area contributed by atoms with Crippen molar-refractivity contribution in [2.45, 2.75) is 4.90 Å². The Bertz CT molecular complexity index is 904. The summed E-state index contributed by atoms with van der Waals surface area (Å²) in [6.45, 7) is 0. The van der Waals surface area contributed by atoms with Gasteiger partial charge in [-0.1, -0.05) is 35.9 Å². The number of pyridine rings is 1. The van der Waals surface area contributed by atoms with E-state index in [1.807, 2.05) is 12.1 Å². The molecule has 0 aliphatic heterocycles. The second-order valence-corrected chi connectivity index (χ2v) is 6.31. The third kappa shape index (κ3) is 2.84. The highest BCUT2D eigenvalue weighted by atomic mass is 35.5. The van der Waals surface area contributed by atoms with Gasteiger partial charge in [-0.3, -0.25) is 4.98 Å². The predicted octanol–water partition coefficient (Wildman–Crippen LogP) is 3.66. The number of para-hydroxylation sites is 1. The minimum atomic E-state index is -3.95. The van der Waals surface area contributed by atoms with Crippen molar-refractivity contribution in [2.24, 2.45) is 0 Å². The predicted molar refractivity (Wildman–Crippen MR) is 81.0 cm³/mol. The Hall–Kier alpha value is -2.11. The largest absolute Gasteiger partial charge is 0.377 e. The van der Waals surface area contributed by atoms with Crippen LogP contribution in [0, 0.1) is 0 Å². The maximum absolute atomic E-state index is 12.3. The maximum Gasteiger partial charge on any atom is 0.339 e. The summed E-state index contributed by atoms with van der Waals surface area (Å²) in [6.07, 6.45) is 1.58. The Labute approximate surface area is 127 Å². The normalized spacial score (nSPS) is 11.5. The summed E-state index contributed by atoms with van der Waals surface area (Å²) >= 11 is 5.82. The van der Waals surface area contributed by atoms with Crippen LogP contribution in [0.4, 0.5) is 0 Å². The molecular formula is C15H10ClNO3S. The average molecular weight is 320 g/mol. The second-order valence-electron chi connectivity index (χ2n) is 4.33. The molecule has 0 atom stereocenters. The molecule has 0 aliphatic carbocycles. The lowest BCUT2D eigenvalue weighted by molar-refractivity contribution is 0.488. The van der Waals surface area contributed by atoms with E-state index in [0.717, 1.165) is 5.39 Å². The number of rotatable bonds is 3. The van der Waals surface area contributed by atoms with E-state index >= 15 is 0 Å². The summed E-state index contributed by atoms with van der Waals surface area (Å²) in [6, 6.07) is 14.7. The Morgan fingerprint density at radius 2 is 1.76 bits per heavy atom. The molecule has 0 fully saturated rings. The number of nitrogens with zero attached hydrogens (tertiary/aromatic N) is 1. The molecule has 4 nitrogen and oxygen atoms in total. The third-order valence-electron chi connectivity index (χ3n) is 2.88. The first-order valence-electron chi connectivity index (χ1n) is 6.10. The Morgan fingerprint density at radius 3 is 2.57 bits per heavy atom. The highest BCUT2D eigenvalue weighted by Gasteiger charge is 2.18. The fourth-order valence-electron chi connectivity index (χ4n) is 1.93. The number of hydrogen-bond acceptors (Lipinski definition) is 4. The summed E-state index contributed by atoms with van der Waals surface area (Å²) in [7, 11) is -3.95. The van der Waals surface area contributed by atoms with Crippen LogP contribution < -0.4 is 4.18 Å². The van der Waals surface area contributed by atoms with Gasteiger partial charge in [0.2, 0.25) is 0 Å². The van der Waals surface area contributed by atoms with Crippen LogP contribution in [0.5, 0.6) is 5.75 Å². The molecule has 0 aliphatic rings. The Morgan fingerprint density at radius 1 is 1.00 bits per heavy atom. The first-order chi connectivity index (χ1) is 10.1. The molecule has 1 heterocycles. The summed E-state index contributed by atoms with van der Waals surface area (Å²) in [5.74, 6) is 0.188.